The maximum Gasteiger partial charge on any atom is 0.223 e. The molecule has 2 heterocycles. The number of aromatic hydroxyl groups is 1. The Morgan fingerprint density at radius 1 is 1.28 bits per heavy atom. The van der Waals surface area contributed by atoms with Gasteiger partial charge >= 0.3 is 0 Å². The quantitative estimate of drug-likeness (QED) is 0.888. The van der Waals surface area contributed by atoms with Crippen molar-refractivity contribution < 1.29 is 5.11 Å². The summed E-state index contributed by atoms with van der Waals surface area (Å²) in [5.41, 5.74) is 0.746. The Kier molecular flexibility index (Phi) is 4.42. The molecular weight excluding hydrogens is 228 g/mol. The van der Waals surface area contributed by atoms with Gasteiger partial charge in [-0.3, -0.25) is 9.69 Å². The molecule has 4 nitrogen and oxygen atoms in total. The summed E-state index contributed by atoms with van der Waals surface area (Å²) in [7, 11) is 0. The largest absolute Gasteiger partial charge is 0.503 e. The SMILES string of the molecule is CCCn1cc(O)c(=O)cc1CN1CCCCC1. The van der Waals surface area contributed by atoms with Crippen LogP contribution in [0.2, 0.25) is 0 Å². The van der Waals surface area contributed by atoms with Crippen LogP contribution in [-0.4, -0.2) is 27.7 Å². The first-order valence-electron chi connectivity index (χ1n) is 6.85. The van der Waals surface area contributed by atoms with Gasteiger partial charge in [0.1, 0.15) is 0 Å². The van der Waals surface area contributed by atoms with Crippen molar-refractivity contribution in [2.75, 3.05) is 13.1 Å². The van der Waals surface area contributed by atoms with E-state index >= 15 is 0 Å². The average Bonchev–Trinajstić information content (AvgIpc) is 2.37. The Bertz CT molecular complexity index is 448. The van der Waals surface area contributed by atoms with Gasteiger partial charge in [0.05, 0.1) is 6.20 Å². The number of hydrogen-bond acceptors (Lipinski definition) is 3. The highest BCUT2D eigenvalue weighted by molar-refractivity contribution is 5.20. The summed E-state index contributed by atoms with van der Waals surface area (Å²) in [5, 5.41) is 9.51. The zero-order valence-electron chi connectivity index (χ0n) is 11.1. The summed E-state index contributed by atoms with van der Waals surface area (Å²) < 4.78 is 2.01. The van der Waals surface area contributed by atoms with Crippen molar-refractivity contribution in [2.24, 2.45) is 0 Å². The van der Waals surface area contributed by atoms with Crippen molar-refractivity contribution in [3.63, 3.8) is 0 Å². The van der Waals surface area contributed by atoms with Crippen molar-refractivity contribution in [3.05, 3.63) is 28.2 Å². The summed E-state index contributed by atoms with van der Waals surface area (Å²) in [4.78, 5) is 13.9. The van der Waals surface area contributed by atoms with Crippen molar-refractivity contribution >= 4 is 0 Å². The van der Waals surface area contributed by atoms with Crippen molar-refractivity contribution in [1.29, 1.82) is 0 Å². The van der Waals surface area contributed by atoms with Gasteiger partial charge in [0.25, 0.3) is 0 Å². The van der Waals surface area contributed by atoms with Gasteiger partial charge in [0.2, 0.25) is 5.43 Å². The second kappa shape index (κ2) is 6.05. The predicted octanol–water partition coefficient (Wildman–Crippen LogP) is 1.95. The van der Waals surface area contributed by atoms with E-state index in [1.54, 1.807) is 12.3 Å². The van der Waals surface area contributed by atoms with Gasteiger partial charge < -0.3 is 9.67 Å². The molecule has 2 rings (SSSR count). The Morgan fingerprint density at radius 2 is 2.00 bits per heavy atom. The van der Waals surface area contributed by atoms with Gasteiger partial charge in [-0.2, -0.15) is 0 Å². The van der Waals surface area contributed by atoms with Crippen molar-refractivity contribution in [1.82, 2.24) is 9.47 Å². The first-order valence-corrected chi connectivity index (χ1v) is 6.85. The van der Waals surface area contributed by atoms with Gasteiger partial charge in [-0.1, -0.05) is 13.3 Å². The third-order valence-electron chi connectivity index (χ3n) is 3.50. The first kappa shape index (κ1) is 13.1. The molecule has 0 spiro atoms. The molecule has 18 heavy (non-hydrogen) atoms. The molecule has 0 aliphatic carbocycles. The van der Waals surface area contributed by atoms with E-state index in [1.165, 1.54) is 19.3 Å². The van der Waals surface area contributed by atoms with Crippen LogP contribution in [0.25, 0.3) is 0 Å². The molecule has 1 aromatic heterocycles. The average molecular weight is 250 g/mol. The van der Waals surface area contributed by atoms with Crippen LogP contribution in [0.15, 0.2) is 17.1 Å². The molecule has 0 bridgehead atoms. The molecule has 0 unspecified atom stereocenters. The Labute approximate surface area is 108 Å². The molecule has 100 valence electrons. The molecule has 0 radical (unpaired) electrons. The third-order valence-corrected chi connectivity index (χ3v) is 3.50. The molecule has 0 atom stereocenters. The maximum atomic E-state index is 11.6. The topological polar surface area (TPSA) is 45.5 Å². The minimum absolute atomic E-state index is 0.147. The number of piperidine rings is 1. The number of aromatic nitrogens is 1. The Balaban J connectivity index is 2.18. The second-order valence-electron chi connectivity index (χ2n) is 5.04. The molecule has 0 amide bonds. The molecule has 0 aromatic carbocycles. The minimum atomic E-state index is -0.269. The van der Waals surface area contributed by atoms with E-state index in [0.29, 0.717) is 0 Å². The van der Waals surface area contributed by atoms with Crippen LogP contribution >= 0.6 is 0 Å². The van der Waals surface area contributed by atoms with Crippen molar-refractivity contribution in [2.45, 2.75) is 45.7 Å². The second-order valence-corrected chi connectivity index (χ2v) is 5.04. The minimum Gasteiger partial charge on any atom is -0.503 e. The van der Waals surface area contributed by atoms with Crippen LogP contribution in [0, 0.1) is 0 Å². The van der Waals surface area contributed by atoms with E-state index < -0.39 is 0 Å². The highest BCUT2D eigenvalue weighted by atomic mass is 16.3. The molecule has 4 heteroatoms. The fourth-order valence-corrected chi connectivity index (χ4v) is 2.53. The number of aryl methyl sites for hydroxylation is 1. The number of pyridine rings is 1. The zero-order valence-corrected chi connectivity index (χ0v) is 11.1. The Hall–Kier alpha value is -1.29. The van der Waals surface area contributed by atoms with Crippen LogP contribution in [0.5, 0.6) is 5.75 Å². The monoisotopic (exact) mass is 250 g/mol. The van der Waals surface area contributed by atoms with E-state index in [9.17, 15) is 9.90 Å². The van der Waals surface area contributed by atoms with Crippen LogP contribution in [-0.2, 0) is 13.1 Å². The molecular formula is C14H22N2O2. The lowest BCUT2D eigenvalue weighted by Gasteiger charge is -2.27. The molecule has 1 aliphatic heterocycles. The van der Waals surface area contributed by atoms with Crippen molar-refractivity contribution in [3.8, 4) is 5.75 Å². The number of hydrogen-bond donors (Lipinski definition) is 1. The molecule has 1 aromatic rings. The summed E-state index contributed by atoms with van der Waals surface area (Å²) in [6, 6.07) is 1.58. The number of likely N-dealkylation sites (tertiary alicyclic amines) is 1. The number of nitrogens with zero attached hydrogens (tertiary/aromatic N) is 2. The van der Waals surface area contributed by atoms with Gasteiger partial charge in [0.15, 0.2) is 5.75 Å². The standard InChI is InChI=1S/C14H22N2O2/c1-2-6-16-11-14(18)13(17)9-12(16)10-15-7-4-3-5-8-15/h9,11,18H,2-8,10H2,1H3. The first-order chi connectivity index (χ1) is 8.70. The number of rotatable bonds is 4. The Morgan fingerprint density at radius 3 is 2.67 bits per heavy atom. The molecule has 1 N–H and O–H groups in total. The fourth-order valence-electron chi connectivity index (χ4n) is 2.53. The summed E-state index contributed by atoms with van der Waals surface area (Å²) in [5.74, 6) is -0.147. The molecule has 1 fully saturated rings. The van der Waals surface area contributed by atoms with Gasteiger partial charge in [-0.05, 0) is 32.4 Å². The van der Waals surface area contributed by atoms with Gasteiger partial charge in [-0.15, -0.1) is 0 Å². The lowest BCUT2D eigenvalue weighted by atomic mass is 10.1. The lowest BCUT2D eigenvalue weighted by Crippen LogP contribution is -2.31. The maximum absolute atomic E-state index is 11.6. The van der Waals surface area contributed by atoms with E-state index in [1.807, 2.05) is 4.57 Å². The zero-order chi connectivity index (χ0) is 13.0. The highest BCUT2D eigenvalue weighted by Crippen LogP contribution is 2.14. The molecule has 0 saturated carbocycles. The van der Waals surface area contributed by atoms with E-state index in [4.69, 9.17) is 0 Å². The fraction of sp³-hybridized carbons (Fsp3) is 0.643. The highest BCUT2D eigenvalue weighted by Gasteiger charge is 2.13. The van der Waals surface area contributed by atoms with E-state index in [2.05, 4.69) is 11.8 Å². The molecule has 1 saturated heterocycles. The summed E-state index contributed by atoms with van der Waals surface area (Å²) in [6.07, 6.45) is 6.38. The van der Waals surface area contributed by atoms with Gasteiger partial charge in [0, 0.05) is 24.8 Å². The third kappa shape index (κ3) is 3.13. The predicted molar refractivity (Wildman–Crippen MR) is 71.8 cm³/mol. The van der Waals surface area contributed by atoms with Crippen LogP contribution in [0.3, 0.4) is 0 Å². The van der Waals surface area contributed by atoms with Crippen LogP contribution in [0.1, 0.15) is 38.3 Å². The normalized spacial score (nSPS) is 16.9. The van der Waals surface area contributed by atoms with Crippen LogP contribution < -0.4 is 5.43 Å². The van der Waals surface area contributed by atoms with Crippen LogP contribution in [0.4, 0.5) is 0 Å². The summed E-state index contributed by atoms with van der Waals surface area (Å²) >= 11 is 0. The van der Waals surface area contributed by atoms with Gasteiger partial charge in [-0.25, -0.2) is 0 Å². The lowest BCUT2D eigenvalue weighted by molar-refractivity contribution is 0.215. The smallest absolute Gasteiger partial charge is 0.223 e. The van der Waals surface area contributed by atoms with E-state index in [0.717, 1.165) is 38.3 Å². The summed E-state index contributed by atoms with van der Waals surface area (Å²) in [6.45, 7) is 5.98. The molecule has 1 aliphatic rings. The van der Waals surface area contributed by atoms with E-state index in [-0.39, 0.29) is 11.2 Å².